The van der Waals surface area contributed by atoms with Crippen molar-refractivity contribution in [2.45, 2.75) is 11.8 Å². The molecule has 0 bridgehead atoms. The van der Waals surface area contributed by atoms with Crippen molar-refractivity contribution in [3.8, 4) is 17.8 Å². The summed E-state index contributed by atoms with van der Waals surface area (Å²) in [6.07, 6.45) is 1.97. The van der Waals surface area contributed by atoms with Gasteiger partial charge >= 0.3 is 12.0 Å². The molecule has 0 atom stereocenters. The van der Waals surface area contributed by atoms with Crippen LogP contribution in [0, 0.1) is 0 Å². The molecule has 0 fully saturated rings. The Bertz CT molecular complexity index is 568. The zero-order valence-electron chi connectivity index (χ0n) is 10.5. The van der Waals surface area contributed by atoms with Gasteiger partial charge in [0.2, 0.25) is 5.28 Å². The van der Waals surface area contributed by atoms with E-state index in [2.05, 4.69) is 15.0 Å². The first-order valence-electron chi connectivity index (χ1n) is 5.58. The van der Waals surface area contributed by atoms with Gasteiger partial charge in [-0.05, 0) is 36.9 Å². The molecule has 0 amide bonds. The largest absolute Gasteiger partial charge is 0.464 e. The predicted octanol–water partition coefficient (Wildman–Crippen LogP) is 3.44. The quantitative estimate of drug-likeness (QED) is 0.788. The molecule has 1 aromatic heterocycles. The average molecular weight is 298 g/mol. The van der Waals surface area contributed by atoms with Gasteiger partial charge in [0.1, 0.15) is 5.75 Å². The Morgan fingerprint density at radius 3 is 2.63 bits per heavy atom. The van der Waals surface area contributed by atoms with Crippen LogP contribution in [0.4, 0.5) is 0 Å². The van der Waals surface area contributed by atoms with Crippen molar-refractivity contribution in [1.29, 1.82) is 0 Å². The topological polar surface area (TPSA) is 57.1 Å². The first-order chi connectivity index (χ1) is 9.22. The van der Waals surface area contributed by atoms with E-state index in [-0.39, 0.29) is 17.3 Å². The first kappa shape index (κ1) is 13.9. The smallest absolute Gasteiger partial charge is 0.329 e. The summed E-state index contributed by atoms with van der Waals surface area (Å²) < 4.78 is 10.8. The number of hydrogen-bond acceptors (Lipinski definition) is 6. The summed E-state index contributed by atoms with van der Waals surface area (Å²) in [5.41, 5.74) is 0. The number of benzene rings is 1. The highest BCUT2D eigenvalue weighted by molar-refractivity contribution is 7.98. The van der Waals surface area contributed by atoms with Crippen LogP contribution in [-0.4, -0.2) is 27.8 Å². The number of aromatic nitrogens is 3. The molecule has 2 rings (SSSR count). The fourth-order valence-electron chi connectivity index (χ4n) is 1.36. The van der Waals surface area contributed by atoms with Gasteiger partial charge in [0.25, 0.3) is 0 Å². The Kier molecular flexibility index (Phi) is 4.81. The minimum atomic E-state index is 0.0371. The van der Waals surface area contributed by atoms with Crippen LogP contribution in [0.25, 0.3) is 0 Å². The van der Waals surface area contributed by atoms with E-state index < -0.39 is 0 Å². The fraction of sp³-hybridized carbons (Fsp3) is 0.250. The number of nitrogens with zero attached hydrogens (tertiary/aromatic N) is 3. The summed E-state index contributed by atoms with van der Waals surface area (Å²) in [6.45, 7) is 2.28. The molecule has 100 valence electrons. The summed E-state index contributed by atoms with van der Waals surface area (Å²) in [6, 6.07) is 7.87. The lowest BCUT2D eigenvalue weighted by Crippen LogP contribution is -2.01. The number of thioether (sulfide) groups is 1. The summed E-state index contributed by atoms with van der Waals surface area (Å²) >= 11 is 7.37. The van der Waals surface area contributed by atoms with Crippen LogP contribution in [0.3, 0.4) is 0 Å². The second-order valence-corrected chi connectivity index (χ2v) is 4.54. The number of halogens is 1. The number of para-hydroxylation sites is 1. The van der Waals surface area contributed by atoms with Crippen LogP contribution >= 0.6 is 23.4 Å². The van der Waals surface area contributed by atoms with Crippen LogP contribution in [0.15, 0.2) is 29.2 Å². The lowest BCUT2D eigenvalue weighted by molar-refractivity contribution is 0.302. The molecule has 5 nitrogen and oxygen atoms in total. The zero-order valence-corrected chi connectivity index (χ0v) is 12.0. The van der Waals surface area contributed by atoms with E-state index in [4.69, 9.17) is 21.1 Å². The molecule has 0 spiro atoms. The van der Waals surface area contributed by atoms with Gasteiger partial charge in [0.15, 0.2) is 0 Å². The number of hydrogen-bond donors (Lipinski definition) is 0. The van der Waals surface area contributed by atoms with E-state index in [1.807, 2.05) is 37.4 Å². The van der Waals surface area contributed by atoms with Gasteiger partial charge < -0.3 is 9.47 Å². The summed E-state index contributed by atoms with van der Waals surface area (Å²) in [4.78, 5) is 12.8. The minimum absolute atomic E-state index is 0.0371. The minimum Gasteiger partial charge on any atom is -0.464 e. The fourth-order valence-corrected chi connectivity index (χ4v) is 2.03. The molecular formula is C12H12ClN3O2S. The monoisotopic (exact) mass is 297 g/mol. The van der Waals surface area contributed by atoms with Crippen molar-refractivity contribution in [3.63, 3.8) is 0 Å². The lowest BCUT2D eigenvalue weighted by atomic mass is 10.3. The van der Waals surface area contributed by atoms with Gasteiger partial charge in [0.05, 0.1) is 6.61 Å². The predicted molar refractivity (Wildman–Crippen MR) is 74.3 cm³/mol. The Morgan fingerprint density at radius 1 is 1.16 bits per heavy atom. The summed E-state index contributed by atoms with van der Waals surface area (Å²) in [5.74, 6) is 0.666. The molecular weight excluding hydrogens is 286 g/mol. The highest BCUT2D eigenvalue weighted by Gasteiger charge is 2.10. The molecule has 0 saturated heterocycles. The van der Waals surface area contributed by atoms with Crippen molar-refractivity contribution in [2.24, 2.45) is 0 Å². The van der Waals surface area contributed by atoms with Crippen molar-refractivity contribution in [2.75, 3.05) is 12.9 Å². The third kappa shape index (κ3) is 3.71. The molecule has 0 radical (unpaired) electrons. The van der Waals surface area contributed by atoms with E-state index in [0.29, 0.717) is 12.4 Å². The Balaban J connectivity index is 2.27. The molecule has 0 unspecified atom stereocenters. The van der Waals surface area contributed by atoms with Crippen LogP contribution in [0.5, 0.6) is 17.8 Å². The molecule has 1 aromatic carbocycles. The Morgan fingerprint density at radius 2 is 1.89 bits per heavy atom. The van der Waals surface area contributed by atoms with Gasteiger partial charge in [-0.3, -0.25) is 0 Å². The van der Waals surface area contributed by atoms with Gasteiger partial charge in [-0.15, -0.1) is 16.7 Å². The zero-order chi connectivity index (χ0) is 13.7. The van der Waals surface area contributed by atoms with E-state index in [9.17, 15) is 0 Å². The summed E-state index contributed by atoms with van der Waals surface area (Å²) in [7, 11) is 0. The van der Waals surface area contributed by atoms with Gasteiger partial charge in [-0.25, -0.2) is 0 Å². The van der Waals surface area contributed by atoms with Crippen LogP contribution in [0.2, 0.25) is 5.28 Å². The van der Waals surface area contributed by atoms with E-state index in [1.165, 1.54) is 0 Å². The second-order valence-electron chi connectivity index (χ2n) is 3.36. The highest BCUT2D eigenvalue weighted by Crippen LogP contribution is 2.30. The molecule has 19 heavy (non-hydrogen) atoms. The number of ether oxygens (including phenoxy) is 2. The molecule has 1 heterocycles. The van der Waals surface area contributed by atoms with Gasteiger partial charge in [-0.1, -0.05) is 12.1 Å². The van der Waals surface area contributed by atoms with Crippen LogP contribution in [0.1, 0.15) is 6.92 Å². The molecule has 0 saturated carbocycles. The third-order valence-electron chi connectivity index (χ3n) is 2.11. The molecule has 7 heteroatoms. The average Bonchev–Trinajstić information content (AvgIpc) is 2.39. The maximum Gasteiger partial charge on any atom is 0.329 e. The van der Waals surface area contributed by atoms with Gasteiger partial charge in [-0.2, -0.15) is 9.97 Å². The lowest BCUT2D eigenvalue weighted by Gasteiger charge is -2.08. The summed E-state index contributed by atoms with van der Waals surface area (Å²) in [5, 5.41) is 0.0371. The maximum absolute atomic E-state index is 5.80. The van der Waals surface area contributed by atoms with Crippen molar-refractivity contribution >= 4 is 23.4 Å². The van der Waals surface area contributed by atoms with Crippen molar-refractivity contribution in [3.05, 3.63) is 29.5 Å². The highest BCUT2D eigenvalue weighted by atomic mass is 35.5. The van der Waals surface area contributed by atoms with Gasteiger partial charge in [0, 0.05) is 4.90 Å². The molecule has 0 N–H and O–H groups in total. The first-order valence-corrected chi connectivity index (χ1v) is 7.18. The Labute approximate surface area is 120 Å². The standard InChI is InChI=1S/C12H12ClN3O2S/c1-3-17-11-14-10(13)15-12(16-11)18-8-6-4-5-7-9(8)19-2/h4-7H,3H2,1-2H3. The van der Waals surface area contributed by atoms with Crippen LogP contribution in [-0.2, 0) is 0 Å². The third-order valence-corrected chi connectivity index (χ3v) is 3.06. The van der Waals surface area contributed by atoms with E-state index >= 15 is 0 Å². The molecule has 0 aliphatic heterocycles. The maximum atomic E-state index is 5.80. The van der Waals surface area contributed by atoms with Crippen LogP contribution < -0.4 is 9.47 Å². The molecule has 0 aliphatic carbocycles. The van der Waals surface area contributed by atoms with Crippen molar-refractivity contribution < 1.29 is 9.47 Å². The van der Waals surface area contributed by atoms with Crippen molar-refractivity contribution in [1.82, 2.24) is 15.0 Å². The number of rotatable bonds is 5. The normalized spacial score (nSPS) is 10.3. The second kappa shape index (κ2) is 6.58. The van der Waals surface area contributed by atoms with E-state index in [0.717, 1.165) is 4.90 Å². The molecule has 2 aromatic rings. The molecule has 0 aliphatic rings. The Hall–Kier alpha value is -1.53. The van der Waals surface area contributed by atoms with E-state index in [1.54, 1.807) is 11.8 Å². The SMILES string of the molecule is CCOc1nc(Cl)nc(Oc2ccccc2SC)n1.